The Bertz CT molecular complexity index is 1120. The molecule has 2 aromatic carbocycles. The van der Waals surface area contributed by atoms with E-state index in [2.05, 4.69) is 5.32 Å². The number of sulfonamides is 1. The van der Waals surface area contributed by atoms with Gasteiger partial charge in [-0.2, -0.15) is 0 Å². The Balaban J connectivity index is 1.72. The largest absolute Gasteiger partial charge is 0.354 e. The molecule has 1 aliphatic rings. The van der Waals surface area contributed by atoms with Crippen LogP contribution in [0.25, 0.3) is 0 Å². The molecule has 0 radical (unpaired) electrons. The van der Waals surface area contributed by atoms with Crippen LogP contribution in [0.3, 0.4) is 0 Å². The fourth-order valence-corrected chi connectivity index (χ4v) is 5.33. The zero-order valence-corrected chi connectivity index (χ0v) is 19.7. The van der Waals surface area contributed by atoms with Gasteiger partial charge < -0.3 is 10.2 Å². The molecule has 3 rings (SSSR count). The summed E-state index contributed by atoms with van der Waals surface area (Å²) in [7, 11) is -3.99. The van der Waals surface area contributed by atoms with E-state index in [0.717, 1.165) is 16.3 Å². The smallest absolute Gasteiger partial charge is 0.269 e. The Morgan fingerprint density at radius 3 is 2.39 bits per heavy atom. The van der Waals surface area contributed by atoms with E-state index in [1.165, 1.54) is 17.0 Å². The van der Waals surface area contributed by atoms with Gasteiger partial charge in [-0.1, -0.05) is 49.4 Å². The molecule has 1 N–H and O–H groups in total. The van der Waals surface area contributed by atoms with Crippen LogP contribution < -0.4 is 5.32 Å². The summed E-state index contributed by atoms with van der Waals surface area (Å²) >= 11 is 0. The van der Waals surface area contributed by atoms with E-state index in [0.29, 0.717) is 19.5 Å². The van der Waals surface area contributed by atoms with Crippen molar-refractivity contribution in [2.45, 2.75) is 44.0 Å². The average molecular weight is 472 g/mol. The van der Waals surface area contributed by atoms with Gasteiger partial charge in [-0.3, -0.25) is 14.4 Å². The monoisotopic (exact) mass is 471 g/mol. The number of hydrogen-bond acceptors (Lipinski definition) is 5. The Morgan fingerprint density at radius 2 is 1.73 bits per heavy atom. The van der Waals surface area contributed by atoms with Crippen LogP contribution in [0.15, 0.2) is 59.5 Å². The molecule has 9 heteroatoms. The van der Waals surface area contributed by atoms with Crippen LogP contribution in [-0.4, -0.2) is 61.0 Å². The van der Waals surface area contributed by atoms with E-state index >= 15 is 0 Å². The van der Waals surface area contributed by atoms with Gasteiger partial charge in [0.05, 0.1) is 5.56 Å². The SMILES string of the molecule is CCCNC(=O)C(C)N(CCc1ccccc1)C(=O)CCN1C(=O)c2ccccc2S1(=O)=O. The lowest BCUT2D eigenvalue weighted by Gasteiger charge is -2.29. The van der Waals surface area contributed by atoms with E-state index in [1.54, 1.807) is 19.1 Å². The van der Waals surface area contributed by atoms with Crippen molar-refractivity contribution in [2.24, 2.45) is 0 Å². The molecule has 0 saturated carbocycles. The Kier molecular flexibility index (Phi) is 7.86. The fraction of sp³-hybridized carbons (Fsp3) is 0.375. The molecular formula is C24H29N3O5S. The van der Waals surface area contributed by atoms with Gasteiger partial charge >= 0.3 is 0 Å². The highest BCUT2D eigenvalue weighted by atomic mass is 32.2. The number of carbonyl (C=O) groups excluding carboxylic acids is 3. The second-order valence-corrected chi connectivity index (χ2v) is 9.75. The molecule has 3 amide bonds. The van der Waals surface area contributed by atoms with Gasteiger partial charge in [0.2, 0.25) is 11.8 Å². The first-order chi connectivity index (χ1) is 15.8. The quantitative estimate of drug-likeness (QED) is 0.572. The van der Waals surface area contributed by atoms with Crippen molar-refractivity contribution in [1.29, 1.82) is 0 Å². The maximum atomic E-state index is 13.1. The molecule has 1 aliphatic heterocycles. The van der Waals surface area contributed by atoms with Crippen molar-refractivity contribution < 1.29 is 22.8 Å². The van der Waals surface area contributed by atoms with Gasteiger partial charge in [-0.05, 0) is 37.5 Å². The summed E-state index contributed by atoms with van der Waals surface area (Å²) < 4.78 is 26.3. The third kappa shape index (κ3) is 5.42. The summed E-state index contributed by atoms with van der Waals surface area (Å²) in [5, 5.41) is 2.80. The maximum Gasteiger partial charge on any atom is 0.269 e. The minimum absolute atomic E-state index is 0.0457. The number of rotatable bonds is 10. The normalized spacial score (nSPS) is 15.1. The predicted molar refractivity (Wildman–Crippen MR) is 124 cm³/mol. The molecule has 1 unspecified atom stereocenters. The van der Waals surface area contributed by atoms with Crippen molar-refractivity contribution in [3.05, 3.63) is 65.7 Å². The second kappa shape index (κ2) is 10.6. The van der Waals surface area contributed by atoms with Crippen LogP contribution in [0.4, 0.5) is 0 Å². The Morgan fingerprint density at radius 1 is 1.06 bits per heavy atom. The molecule has 0 aromatic heterocycles. The van der Waals surface area contributed by atoms with E-state index in [1.807, 2.05) is 37.3 Å². The number of nitrogens with zero attached hydrogens (tertiary/aromatic N) is 2. The summed E-state index contributed by atoms with van der Waals surface area (Å²) in [6, 6.07) is 14.9. The van der Waals surface area contributed by atoms with Gasteiger partial charge in [-0.15, -0.1) is 0 Å². The van der Waals surface area contributed by atoms with Gasteiger partial charge in [-0.25, -0.2) is 12.7 Å². The number of fused-ring (bicyclic) bond motifs is 1. The fourth-order valence-electron chi connectivity index (χ4n) is 3.76. The lowest BCUT2D eigenvalue weighted by Crippen LogP contribution is -2.49. The first-order valence-electron chi connectivity index (χ1n) is 11.0. The lowest BCUT2D eigenvalue weighted by atomic mass is 10.1. The average Bonchev–Trinajstić information content (AvgIpc) is 3.01. The van der Waals surface area contributed by atoms with Crippen molar-refractivity contribution in [1.82, 2.24) is 14.5 Å². The van der Waals surface area contributed by atoms with Gasteiger partial charge in [0.1, 0.15) is 10.9 Å². The molecule has 1 heterocycles. The summed E-state index contributed by atoms with van der Waals surface area (Å²) in [5.74, 6) is -1.29. The summed E-state index contributed by atoms with van der Waals surface area (Å²) in [5.41, 5.74) is 1.13. The minimum Gasteiger partial charge on any atom is -0.354 e. The first kappa shape index (κ1) is 24.4. The highest BCUT2D eigenvalue weighted by Gasteiger charge is 2.41. The van der Waals surface area contributed by atoms with Gasteiger partial charge in [0, 0.05) is 26.1 Å². The molecule has 0 fully saturated rings. The Labute approximate surface area is 194 Å². The molecule has 0 spiro atoms. The van der Waals surface area contributed by atoms with Crippen molar-refractivity contribution in [2.75, 3.05) is 19.6 Å². The highest BCUT2D eigenvalue weighted by molar-refractivity contribution is 7.90. The molecule has 176 valence electrons. The van der Waals surface area contributed by atoms with Crippen LogP contribution in [-0.2, 0) is 26.0 Å². The Hall–Kier alpha value is -3.20. The topological polar surface area (TPSA) is 104 Å². The van der Waals surface area contributed by atoms with E-state index in [9.17, 15) is 22.8 Å². The first-order valence-corrected chi connectivity index (χ1v) is 12.5. The number of carbonyl (C=O) groups is 3. The molecule has 0 bridgehead atoms. The highest BCUT2D eigenvalue weighted by Crippen LogP contribution is 2.30. The van der Waals surface area contributed by atoms with Crippen molar-refractivity contribution >= 4 is 27.7 Å². The zero-order chi connectivity index (χ0) is 24.0. The van der Waals surface area contributed by atoms with E-state index in [4.69, 9.17) is 0 Å². The molecular weight excluding hydrogens is 442 g/mol. The third-order valence-electron chi connectivity index (χ3n) is 5.64. The van der Waals surface area contributed by atoms with Gasteiger partial charge in [0.25, 0.3) is 15.9 Å². The number of hydrogen-bond donors (Lipinski definition) is 1. The summed E-state index contributed by atoms with van der Waals surface area (Å²) in [6.07, 6.45) is 1.11. The number of benzene rings is 2. The summed E-state index contributed by atoms with van der Waals surface area (Å²) in [6.45, 7) is 4.11. The molecule has 33 heavy (non-hydrogen) atoms. The molecule has 0 saturated heterocycles. The van der Waals surface area contributed by atoms with Crippen molar-refractivity contribution in [3.63, 3.8) is 0 Å². The lowest BCUT2D eigenvalue weighted by molar-refractivity contribution is -0.139. The van der Waals surface area contributed by atoms with Crippen LogP contribution in [0.5, 0.6) is 0 Å². The standard InChI is InChI=1S/C24H29N3O5S/c1-3-15-25-23(29)18(2)26(16-13-19-9-5-4-6-10-19)22(28)14-17-27-24(30)20-11-7-8-12-21(20)33(27,31)32/h4-12,18H,3,13-17H2,1-2H3,(H,25,29). The minimum atomic E-state index is -3.99. The third-order valence-corrected chi connectivity index (χ3v) is 7.48. The molecule has 8 nitrogen and oxygen atoms in total. The van der Waals surface area contributed by atoms with Crippen LogP contribution in [0.1, 0.15) is 42.6 Å². The number of amides is 3. The zero-order valence-electron chi connectivity index (χ0n) is 18.9. The van der Waals surface area contributed by atoms with Crippen LogP contribution >= 0.6 is 0 Å². The number of nitrogens with one attached hydrogen (secondary N) is 1. The van der Waals surface area contributed by atoms with Gasteiger partial charge in [0.15, 0.2) is 0 Å². The maximum absolute atomic E-state index is 13.1. The van der Waals surface area contributed by atoms with E-state index in [-0.39, 0.29) is 35.2 Å². The molecule has 1 atom stereocenters. The molecule has 0 aliphatic carbocycles. The predicted octanol–water partition coefficient (Wildman–Crippen LogP) is 2.21. The van der Waals surface area contributed by atoms with Crippen LogP contribution in [0.2, 0.25) is 0 Å². The second-order valence-electron chi connectivity index (χ2n) is 7.92. The summed E-state index contributed by atoms with van der Waals surface area (Å²) in [4.78, 5) is 39.7. The van der Waals surface area contributed by atoms with Crippen molar-refractivity contribution in [3.8, 4) is 0 Å². The molecule has 2 aromatic rings. The van der Waals surface area contributed by atoms with E-state index < -0.39 is 22.0 Å². The van der Waals surface area contributed by atoms with Crippen LogP contribution in [0, 0.1) is 0 Å².